The van der Waals surface area contributed by atoms with E-state index < -0.39 is 0 Å². The zero-order valence-electron chi connectivity index (χ0n) is 13.3. The van der Waals surface area contributed by atoms with Gasteiger partial charge in [-0.1, -0.05) is 6.07 Å². The predicted molar refractivity (Wildman–Crippen MR) is 98.2 cm³/mol. The highest BCUT2D eigenvalue weighted by Gasteiger charge is 2.20. The van der Waals surface area contributed by atoms with E-state index in [0.29, 0.717) is 18.7 Å². The number of carbonyl (C=O) groups is 1. The van der Waals surface area contributed by atoms with Gasteiger partial charge in [0.15, 0.2) is 0 Å². The molecule has 3 rings (SSSR count). The molecule has 3 aromatic heterocycles. The van der Waals surface area contributed by atoms with Crippen molar-refractivity contribution in [2.24, 2.45) is 0 Å². The van der Waals surface area contributed by atoms with Gasteiger partial charge in [0, 0.05) is 18.9 Å². The van der Waals surface area contributed by atoms with Crippen LogP contribution in [0.1, 0.15) is 21.6 Å². The van der Waals surface area contributed by atoms with Crippen LogP contribution in [0.15, 0.2) is 64.6 Å². The predicted octanol–water partition coefficient (Wildman–Crippen LogP) is 4.10. The van der Waals surface area contributed by atoms with Gasteiger partial charge in [0.1, 0.15) is 5.03 Å². The van der Waals surface area contributed by atoms with Crippen molar-refractivity contribution < 1.29 is 4.79 Å². The minimum absolute atomic E-state index is 0.0238. The van der Waals surface area contributed by atoms with Crippen molar-refractivity contribution in [2.45, 2.75) is 18.1 Å². The summed E-state index contributed by atoms with van der Waals surface area (Å²) in [6.07, 6.45) is 5.39. The Labute approximate surface area is 149 Å². The molecular formula is C18H17N3OS2. The van der Waals surface area contributed by atoms with Gasteiger partial charge in [0.2, 0.25) is 0 Å². The first-order valence-electron chi connectivity index (χ1n) is 7.47. The smallest absolute Gasteiger partial charge is 0.257 e. The summed E-state index contributed by atoms with van der Waals surface area (Å²) in [6, 6.07) is 11.4. The van der Waals surface area contributed by atoms with Crippen LogP contribution in [0.2, 0.25) is 0 Å². The van der Waals surface area contributed by atoms with Crippen LogP contribution in [0.25, 0.3) is 0 Å². The fraction of sp³-hybridized carbons (Fsp3) is 0.167. The summed E-state index contributed by atoms with van der Waals surface area (Å²) >= 11 is 3.12. The van der Waals surface area contributed by atoms with E-state index in [1.54, 1.807) is 29.8 Å². The maximum atomic E-state index is 13.1. The van der Waals surface area contributed by atoms with E-state index in [9.17, 15) is 4.79 Å². The molecule has 0 saturated carbocycles. The van der Waals surface area contributed by atoms with Crippen molar-refractivity contribution in [3.05, 3.63) is 76.4 Å². The maximum Gasteiger partial charge on any atom is 0.257 e. The van der Waals surface area contributed by atoms with Gasteiger partial charge < -0.3 is 4.90 Å². The molecule has 0 atom stereocenters. The molecule has 0 bridgehead atoms. The number of thiophene rings is 1. The van der Waals surface area contributed by atoms with Gasteiger partial charge >= 0.3 is 0 Å². The molecule has 0 saturated heterocycles. The minimum Gasteiger partial charge on any atom is -0.328 e. The van der Waals surface area contributed by atoms with Crippen molar-refractivity contribution in [2.75, 3.05) is 6.26 Å². The van der Waals surface area contributed by atoms with Crippen LogP contribution in [0.3, 0.4) is 0 Å². The van der Waals surface area contributed by atoms with Crippen LogP contribution in [0.5, 0.6) is 0 Å². The van der Waals surface area contributed by atoms with Crippen LogP contribution in [0, 0.1) is 0 Å². The molecule has 4 nitrogen and oxygen atoms in total. The van der Waals surface area contributed by atoms with Crippen molar-refractivity contribution in [1.29, 1.82) is 0 Å². The van der Waals surface area contributed by atoms with E-state index in [2.05, 4.69) is 15.3 Å². The number of carbonyl (C=O) groups excluding carboxylic acids is 1. The van der Waals surface area contributed by atoms with E-state index in [1.165, 1.54) is 11.8 Å². The summed E-state index contributed by atoms with van der Waals surface area (Å²) in [6.45, 7) is 1.03. The zero-order chi connectivity index (χ0) is 16.8. The molecule has 0 aliphatic heterocycles. The minimum atomic E-state index is -0.0238. The van der Waals surface area contributed by atoms with Gasteiger partial charge in [-0.15, -0.1) is 11.8 Å². The molecule has 0 radical (unpaired) electrons. The molecule has 0 fully saturated rings. The lowest BCUT2D eigenvalue weighted by molar-refractivity contribution is 0.0723. The fourth-order valence-electron chi connectivity index (χ4n) is 2.38. The second-order valence-electron chi connectivity index (χ2n) is 5.17. The molecule has 0 aliphatic carbocycles. The molecule has 0 spiro atoms. The lowest BCUT2D eigenvalue weighted by atomic mass is 10.2. The SMILES string of the molecule is CSc1ncccc1C(=O)N(Cc1ccsc1)Cc1ccccn1. The van der Waals surface area contributed by atoms with Crippen molar-refractivity contribution >= 4 is 29.0 Å². The normalized spacial score (nSPS) is 10.5. The number of hydrogen-bond acceptors (Lipinski definition) is 5. The second-order valence-corrected chi connectivity index (χ2v) is 6.75. The number of amides is 1. The van der Waals surface area contributed by atoms with Gasteiger partial charge in [-0.05, 0) is 52.9 Å². The molecule has 0 unspecified atom stereocenters. The van der Waals surface area contributed by atoms with Crippen LogP contribution >= 0.6 is 23.1 Å². The molecule has 3 heterocycles. The molecule has 0 N–H and O–H groups in total. The second kappa shape index (κ2) is 8.08. The largest absolute Gasteiger partial charge is 0.328 e. The third kappa shape index (κ3) is 4.01. The quantitative estimate of drug-likeness (QED) is 0.625. The Morgan fingerprint density at radius 1 is 1.12 bits per heavy atom. The standard InChI is InChI=1S/C18H17N3OS2/c1-23-17-16(6-4-9-20-17)18(22)21(11-14-7-10-24-13-14)12-15-5-2-3-8-19-15/h2-10,13H,11-12H2,1H3. The van der Waals surface area contributed by atoms with Crippen molar-refractivity contribution in [3.63, 3.8) is 0 Å². The summed E-state index contributed by atoms with van der Waals surface area (Å²) in [7, 11) is 0. The number of aromatic nitrogens is 2. The van der Waals surface area contributed by atoms with Crippen molar-refractivity contribution in [3.8, 4) is 0 Å². The molecule has 1 amide bonds. The number of hydrogen-bond donors (Lipinski definition) is 0. The first kappa shape index (κ1) is 16.7. The summed E-state index contributed by atoms with van der Waals surface area (Å²) < 4.78 is 0. The third-order valence-electron chi connectivity index (χ3n) is 3.51. The van der Waals surface area contributed by atoms with E-state index in [-0.39, 0.29) is 5.91 Å². The average molecular weight is 355 g/mol. The highest BCUT2D eigenvalue weighted by Crippen LogP contribution is 2.21. The van der Waals surface area contributed by atoms with E-state index >= 15 is 0 Å². The highest BCUT2D eigenvalue weighted by atomic mass is 32.2. The first-order valence-corrected chi connectivity index (χ1v) is 9.64. The van der Waals surface area contributed by atoms with Gasteiger partial charge in [0.25, 0.3) is 5.91 Å². The van der Waals surface area contributed by atoms with E-state index in [1.807, 2.05) is 46.9 Å². The van der Waals surface area contributed by atoms with Crippen molar-refractivity contribution in [1.82, 2.24) is 14.9 Å². The average Bonchev–Trinajstić information content (AvgIpc) is 3.14. The summed E-state index contributed by atoms with van der Waals surface area (Å²) in [5.41, 5.74) is 2.63. The van der Waals surface area contributed by atoms with Crippen LogP contribution in [-0.2, 0) is 13.1 Å². The van der Waals surface area contributed by atoms with Gasteiger partial charge in [-0.2, -0.15) is 11.3 Å². The highest BCUT2D eigenvalue weighted by molar-refractivity contribution is 7.98. The van der Waals surface area contributed by atoms with Gasteiger partial charge in [-0.3, -0.25) is 9.78 Å². The Bertz CT molecular complexity index is 791. The van der Waals surface area contributed by atoms with Crippen LogP contribution < -0.4 is 0 Å². The monoisotopic (exact) mass is 355 g/mol. The van der Waals surface area contributed by atoms with Crippen LogP contribution in [-0.4, -0.2) is 27.0 Å². The first-order chi connectivity index (χ1) is 11.8. The number of nitrogens with zero attached hydrogens (tertiary/aromatic N) is 3. The Balaban J connectivity index is 1.89. The Morgan fingerprint density at radius 2 is 2.00 bits per heavy atom. The summed E-state index contributed by atoms with van der Waals surface area (Å²) in [5.74, 6) is -0.0238. The molecule has 0 aliphatic rings. The van der Waals surface area contributed by atoms with E-state index in [4.69, 9.17) is 0 Å². The molecule has 6 heteroatoms. The molecular weight excluding hydrogens is 338 g/mol. The zero-order valence-corrected chi connectivity index (χ0v) is 14.9. The fourth-order valence-corrected chi connectivity index (χ4v) is 3.58. The third-order valence-corrected chi connectivity index (χ3v) is 4.96. The molecule has 3 aromatic rings. The topological polar surface area (TPSA) is 46.1 Å². The Hall–Kier alpha value is -2.18. The maximum absolute atomic E-state index is 13.1. The summed E-state index contributed by atoms with van der Waals surface area (Å²) in [5, 5.41) is 4.84. The van der Waals surface area contributed by atoms with Crippen LogP contribution in [0.4, 0.5) is 0 Å². The Morgan fingerprint density at radius 3 is 2.71 bits per heavy atom. The molecule has 24 heavy (non-hydrogen) atoms. The lowest BCUT2D eigenvalue weighted by Gasteiger charge is -2.23. The number of rotatable bonds is 6. The molecule has 0 aromatic carbocycles. The summed E-state index contributed by atoms with van der Waals surface area (Å²) in [4.78, 5) is 23.6. The number of thioether (sulfide) groups is 1. The Kier molecular flexibility index (Phi) is 5.61. The van der Waals surface area contributed by atoms with E-state index in [0.717, 1.165) is 16.3 Å². The molecule has 122 valence electrons. The van der Waals surface area contributed by atoms with Gasteiger partial charge in [-0.25, -0.2) is 4.98 Å². The number of pyridine rings is 2. The lowest BCUT2D eigenvalue weighted by Crippen LogP contribution is -2.30. The van der Waals surface area contributed by atoms with Gasteiger partial charge in [0.05, 0.1) is 17.8 Å².